The van der Waals surface area contributed by atoms with Gasteiger partial charge in [-0.15, -0.1) is 5.10 Å². The summed E-state index contributed by atoms with van der Waals surface area (Å²) in [6.07, 6.45) is 2.11. The number of carbonyl (C=O) groups excluding carboxylic acids is 3. The van der Waals surface area contributed by atoms with Crippen LogP contribution in [0.25, 0.3) is 0 Å². The van der Waals surface area contributed by atoms with Crippen LogP contribution in [0.1, 0.15) is 42.2 Å². The minimum atomic E-state index is -0.455. The summed E-state index contributed by atoms with van der Waals surface area (Å²) in [5.74, 6) is -1.03. The fourth-order valence-corrected chi connectivity index (χ4v) is 3.89. The fraction of sp³-hybridized carbons (Fsp3) is 0.115. The number of imide groups is 1. The molecule has 0 radical (unpaired) electrons. The number of fused-ring (bicyclic) bond motifs is 1. The van der Waals surface area contributed by atoms with Gasteiger partial charge >= 0.3 is 0 Å². The maximum Gasteiger partial charge on any atom is 0.261 e. The largest absolute Gasteiger partial charge is 0.289 e. The van der Waals surface area contributed by atoms with Crippen LogP contribution >= 0.6 is 0 Å². The van der Waals surface area contributed by atoms with Crippen LogP contribution in [-0.4, -0.2) is 43.9 Å². The normalized spacial score (nSPS) is 12.6. The number of anilines is 1. The molecule has 3 amide bonds. The predicted octanol–water partition coefficient (Wildman–Crippen LogP) is 3.42. The molecule has 0 saturated heterocycles. The number of hydrogen-bond donors (Lipinski definition) is 1. The monoisotopic (exact) mass is 451 g/mol. The fourth-order valence-electron chi connectivity index (χ4n) is 3.89. The molecule has 0 aliphatic carbocycles. The summed E-state index contributed by atoms with van der Waals surface area (Å²) < 4.78 is 1.63. The van der Waals surface area contributed by atoms with Gasteiger partial charge in [0.1, 0.15) is 6.33 Å². The lowest BCUT2D eigenvalue weighted by atomic mass is 10.1. The van der Waals surface area contributed by atoms with Crippen molar-refractivity contribution in [1.82, 2.24) is 19.7 Å². The van der Waals surface area contributed by atoms with Crippen LogP contribution in [0, 0.1) is 0 Å². The minimum absolute atomic E-state index is 0.160. The molecule has 0 bridgehead atoms. The number of hydrogen-bond acceptors (Lipinski definition) is 5. The molecular weight excluding hydrogens is 430 g/mol. The van der Waals surface area contributed by atoms with Crippen LogP contribution in [0.2, 0.25) is 0 Å². The first-order valence-corrected chi connectivity index (χ1v) is 10.9. The Bertz CT molecular complexity index is 1370. The summed E-state index contributed by atoms with van der Waals surface area (Å²) in [5, 5.41) is 6.93. The van der Waals surface area contributed by atoms with E-state index in [0.717, 1.165) is 11.1 Å². The summed E-state index contributed by atoms with van der Waals surface area (Å²) in [7, 11) is 0. The molecule has 168 valence electrons. The van der Waals surface area contributed by atoms with E-state index in [0.29, 0.717) is 18.5 Å². The SMILES string of the molecule is O=C(Nc1ncn(Cc2ccccc2)n1)c1ccc2c(c1)C(=O)N(CCc1ccccc1)C2=O. The van der Waals surface area contributed by atoms with Crippen molar-refractivity contribution in [2.75, 3.05) is 11.9 Å². The maximum atomic E-state index is 12.9. The Kier molecular flexibility index (Phi) is 5.70. The first-order valence-electron chi connectivity index (χ1n) is 10.9. The molecule has 8 heteroatoms. The lowest BCUT2D eigenvalue weighted by Gasteiger charge is -2.13. The maximum absolute atomic E-state index is 12.9. The van der Waals surface area contributed by atoms with Gasteiger partial charge in [-0.05, 0) is 35.7 Å². The van der Waals surface area contributed by atoms with E-state index in [9.17, 15) is 14.4 Å². The summed E-state index contributed by atoms with van der Waals surface area (Å²) in [5.41, 5.74) is 2.89. The smallest absolute Gasteiger partial charge is 0.261 e. The summed E-state index contributed by atoms with van der Waals surface area (Å²) >= 11 is 0. The predicted molar refractivity (Wildman–Crippen MR) is 125 cm³/mol. The zero-order valence-corrected chi connectivity index (χ0v) is 18.2. The van der Waals surface area contributed by atoms with Gasteiger partial charge < -0.3 is 0 Å². The molecule has 0 spiro atoms. The molecule has 0 atom stereocenters. The highest BCUT2D eigenvalue weighted by atomic mass is 16.2. The molecule has 2 heterocycles. The van der Waals surface area contributed by atoms with Gasteiger partial charge in [0, 0.05) is 12.1 Å². The van der Waals surface area contributed by atoms with Crippen LogP contribution in [-0.2, 0) is 13.0 Å². The molecular formula is C26H21N5O3. The van der Waals surface area contributed by atoms with Gasteiger partial charge in [-0.2, -0.15) is 0 Å². The van der Waals surface area contributed by atoms with Crippen molar-refractivity contribution in [3.05, 3.63) is 113 Å². The van der Waals surface area contributed by atoms with Crippen molar-refractivity contribution in [2.24, 2.45) is 0 Å². The Hall–Kier alpha value is -4.59. The van der Waals surface area contributed by atoms with Gasteiger partial charge in [-0.3, -0.25) is 24.6 Å². The number of rotatable bonds is 7. The van der Waals surface area contributed by atoms with E-state index in [1.54, 1.807) is 4.68 Å². The van der Waals surface area contributed by atoms with Crippen LogP contribution in [0.5, 0.6) is 0 Å². The Morgan fingerprint density at radius 1 is 0.824 bits per heavy atom. The average molecular weight is 451 g/mol. The van der Waals surface area contributed by atoms with E-state index < -0.39 is 11.8 Å². The second kappa shape index (κ2) is 9.11. The molecule has 0 fully saturated rings. The molecule has 1 aliphatic heterocycles. The topological polar surface area (TPSA) is 97.2 Å². The molecule has 1 aliphatic rings. The Balaban J connectivity index is 1.26. The quantitative estimate of drug-likeness (QED) is 0.434. The van der Waals surface area contributed by atoms with E-state index in [-0.39, 0.29) is 29.5 Å². The van der Waals surface area contributed by atoms with E-state index in [1.807, 2.05) is 60.7 Å². The number of nitrogens with zero attached hydrogens (tertiary/aromatic N) is 4. The molecule has 0 unspecified atom stereocenters. The first kappa shape index (κ1) is 21.3. The third kappa shape index (κ3) is 4.33. The summed E-state index contributed by atoms with van der Waals surface area (Å²) in [6, 6.07) is 23.9. The van der Waals surface area contributed by atoms with Crippen molar-refractivity contribution >= 4 is 23.7 Å². The Labute approximate surface area is 195 Å². The standard InChI is InChI=1S/C26H21N5O3/c32-23(28-26-27-17-30(29-26)16-19-9-5-2-6-10-19)20-11-12-21-22(15-20)25(34)31(24(21)33)14-13-18-7-3-1-4-8-18/h1-12,15,17H,13-14,16H2,(H,28,29,32). The van der Waals surface area contributed by atoms with E-state index >= 15 is 0 Å². The molecule has 8 nitrogen and oxygen atoms in total. The molecule has 1 aromatic heterocycles. The summed E-state index contributed by atoms with van der Waals surface area (Å²) in [6.45, 7) is 0.804. The lowest BCUT2D eigenvalue weighted by Crippen LogP contribution is -2.31. The van der Waals surface area contributed by atoms with Gasteiger partial charge in [-0.1, -0.05) is 60.7 Å². The summed E-state index contributed by atoms with van der Waals surface area (Å²) in [4.78, 5) is 43.7. The molecule has 34 heavy (non-hydrogen) atoms. The van der Waals surface area contributed by atoms with E-state index in [1.165, 1.54) is 29.4 Å². The third-order valence-electron chi connectivity index (χ3n) is 5.65. The van der Waals surface area contributed by atoms with Crippen LogP contribution in [0.15, 0.2) is 85.2 Å². The van der Waals surface area contributed by atoms with Crippen LogP contribution in [0.3, 0.4) is 0 Å². The molecule has 0 saturated carbocycles. The van der Waals surface area contributed by atoms with Crippen LogP contribution < -0.4 is 5.32 Å². The van der Waals surface area contributed by atoms with Gasteiger partial charge in [0.2, 0.25) is 5.95 Å². The lowest BCUT2D eigenvalue weighted by molar-refractivity contribution is 0.0656. The number of nitrogens with one attached hydrogen (secondary N) is 1. The Morgan fingerprint density at radius 2 is 1.50 bits per heavy atom. The van der Waals surface area contributed by atoms with Gasteiger partial charge in [0.05, 0.1) is 17.7 Å². The molecule has 5 rings (SSSR count). The second-order valence-corrected chi connectivity index (χ2v) is 7.96. The van der Waals surface area contributed by atoms with E-state index in [4.69, 9.17) is 0 Å². The molecule has 1 N–H and O–H groups in total. The number of amides is 3. The number of aromatic nitrogens is 3. The highest BCUT2D eigenvalue weighted by Gasteiger charge is 2.35. The first-order chi connectivity index (χ1) is 16.6. The van der Waals surface area contributed by atoms with Crippen molar-refractivity contribution in [1.29, 1.82) is 0 Å². The van der Waals surface area contributed by atoms with Crippen molar-refractivity contribution in [2.45, 2.75) is 13.0 Å². The Morgan fingerprint density at radius 3 is 2.24 bits per heavy atom. The van der Waals surface area contributed by atoms with Crippen molar-refractivity contribution < 1.29 is 14.4 Å². The number of carbonyl (C=O) groups is 3. The minimum Gasteiger partial charge on any atom is -0.289 e. The van der Waals surface area contributed by atoms with Gasteiger partial charge in [0.25, 0.3) is 17.7 Å². The second-order valence-electron chi connectivity index (χ2n) is 7.96. The van der Waals surface area contributed by atoms with Crippen molar-refractivity contribution in [3.8, 4) is 0 Å². The molecule has 3 aromatic carbocycles. The zero-order valence-electron chi connectivity index (χ0n) is 18.2. The average Bonchev–Trinajstić information content (AvgIpc) is 3.40. The highest BCUT2D eigenvalue weighted by molar-refractivity contribution is 6.22. The zero-order chi connectivity index (χ0) is 23.5. The third-order valence-corrected chi connectivity index (χ3v) is 5.65. The highest BCUT2D eigenvalue weighted by Crippen LogP contribution is 2.24. The van der Waals surface area contributed by atoms with E-state index in [2.05, 4.69) is 15.4 Å². The van der Waals surface area contributed by atoms with Crippen molar-refractivity contribution in [3.63, 3.8) is 0 Å². The van der Waals surface area contributed by atoms with Gasteiger partial charge in [-0.25, -0.2) is 9.67 Å². The van der Waals surface area contributed by atoms with Gasteiger partial charge in [0.15, 0.2) is 0 Å². The number of benzene rings is 3. The molecule has 4 aromatic rings. The van der Waals surface area contributed by atoms with Crippen LogP contribution in [0.4, 0.5) is 5.95 Å².